The summed E-state index contributed by atoms with van der Waals surface area (Å²) < 4.78 is 38.8. The summed E-state index contributed by atoms with van der Waals surface area (Å²) in [6.45, 7) is 3.61. The normalized spacial score (nSPS) is 17.5. The zero-order valence-electron chi connectivity index (χ0n) is 25.3. The smallest absolute Gasteiger partial charge is 0.427 e. The number of hydrogen-bond donors (Lipinski definition) is 1. The molecule has 0 spiro atoms. The number of aryl methyl sites for hydroxylation is 1. The Bertz CT molecular complexity index is 1480. The van der Waals surface area contributed by atoms with Gasteiger partial charge in [0.25, 0.3) is 12.4 Å². The molecule has 2 unspecified atom stereocenters. The van der Waals surface area contributed by atoms with Crippen molar-refractivity contribution >= 4 is 24.4 Å². The number of carbonyl (C=O) groups excluding carboxylic acids is 4. The Morgan fingerprint density at radius 1 is 1.07 bits per heavy atom. The van der Waals surface area contributed by atoms with Crippen LogP contribution >= 0.6 is 0 Å². The molecule has 4 rings (SSSR count). The van der Waals surface area contributed by atoms with Crippen molar-refractivity contribution in [2.45, 2.75) is 50.8 Å². The molecule has 1 aliphatic rings. The van der Waals surface area contributed by atoms with Crippen molar-refractivity contribution in [1.82, 2.24) is 14.9 Å². The molecule has 2 aromatic carbocycles. The van der Waals surface area contributed by atoms with Gasteiger partial charge >= 0.3 is 12.1 Å². The van der Waals surface area contributed by atoms with Gasteiger partial charge in [-0.15, -0.1) is 0 Å². The molecule has 3 atom stereocenters. The second-order valence-electron chi connectivity index (χ2n) is 10.3. The maximum atomic E-state index is 12.9. The van der Waals surface area contributed by atoms with Crippen LogP contribution in [0.4, 0.5) is 4.79 Å². The van der Waals surface area contributed by atoms with Crippen LogP contribution in [0.15, 0.2) is 61.2 Å². The fraction of sp³-hybridized carbons (Fsp3) is 0.387. The van der Waals surface area contributed by atoms with Gasteiger partial charge in [-0.25, -0.2) is 19.1 Å². The number of methoxy groups -OCH3 is 2. The lowest BCUT2D eigenvalue weighted by atomic mass is 10.0. The molecule has 1 amide bonds. The molecule has 1 saturated heterocycles. The van der Waals surface area contributed by atoms with E-state index in [1.54, 1.807) is 32.4 Å². The Morgan fingerprint density at radius 3 is 2.56 bits per heavy atom. The molecule has 1 aromatic heterocycles. The van der Waals surface area contributed by atoms with Gasteiger partial charge < -0.3 is 38.5 Å². The van der Waals surface area contributed by atoms with Gasteiger partial charge in [-0.3, -0.25) is 9.59 Å². The number of aromatic nitrogens is 2. The van der Waals surface area contributed by atoms with E-state index in [1.165, 1.54) is 32.6 Å². The Labute approximate surface area is 259 Å². The summed E-state index contributed by atoms with van der Waals surface area (Å²) in [7, 11) is 3.13. The topological polar surface area (TPSA) is 163 Å². The number of esters is 1. The van der Waals surface area contributed by atoms with Crippen LogP contribution in [0, 0.1) is 0 Å². The molecule has 1 fully saturated rings. The van der Waals surface area contributed by atoms with Gasteiger partial charge in [-0.2, -0.15) is 0 Å². The van der Waals surface area contributed by atoms with Crippen LogP contribution in [0.2, 0.25) is 0 Å². The van der Waals surface area contributed by atoms with Crippen molar-refractivity contribution < 1.29 is 52.3 Å². The highest BCUT2D eigenvalue weighted by molar-refractivity contribution is 5.93. The van der Waals surface area contributed by atoms with E-state index < -0.39 is 42.1 Å². The van der Waals surface area contributed by atoms with E-state index in [0.29, 0.717) is 36.6 Å². The van der Waals surface area contributed by atoms with E-state index in [0.717, 1.165) is 15.7 Å². The molecule has 0 aliphatic carbocycles. The molecule has 1 N–H and O–H groups in total. The number of carbonyl (C=O) groups is 4. The van der Waals surface area contributed by atoms with Gasteiger partial charge in [-0.1, -0.05) is 18.2 Å². The zero-order valence-corrected chi connectivity index (χ0v) is 25.3. The molecule has 0 bridgehead atoms. The molecule has 14 heteroatoms. The van der Waals surface area contributed by atoms with Crippen LogP contribution < -0.4 is 19.5 Å². The van der Waals surface area contributed by atoms with Crippen molar-refractivity contribution in [2.75, 3.05) is 27.4 Å². The summed E-state index contributed by atoms with van der Waals surface area (Å²) in [4.78, 5) is 52.7. The molecular formula is C31H35N3O11. The fourth-order valence-electron chi connectivity index (χ4n) is 4.65. The van der Waals surface area contributed by atoms with E-state index in [4.69, 9.17) is 33.2 Å². The second kappa shape index (κ2) is 15.2. The SMILES string of the molecule is COc1ccc(CC[C@@H](OC=O)c2cccc(OCCNC(=O)C3OC(C)(C)OC3C(=O)OC(=O)n3ccnc3)c2)cc1OC. The van der Waals surface area contributed by atoms with E-state index in [1.807, 2.05) is 24.3 Å². The number of benzene rings is 2. The van der Waals surface area contributed by atoms with E-state index in [9.17, 15) is 19.2 Å². The molecule has 45 heavy (non-hydrogen) atoms. The number of imidazole rings is 1. The number of nitrogens with zero attached hydrogens (tertiary/aromatic N) is 2. The third-order valence-electron chi connectivity index (χ3n) is 6.75. The molecule has 2 heterocycles. The first-order valence-electron chi connectivity index (χ1n) is 14.0. The molecule has 14 nitrogen and oxygen atoms in total. The Balaban J connectivity index is 1.30. The van der Waals surface area contributed by atoms with Gasteiger partial charge in [0.15, 0.2) is 29.5 Å². The summed E-state index contributed by atoms with van der Waals surface area (Å²) in [6, 6.07) is 12.7. The summed E-state index contributed by atoms with van der Waals surface area (Å²) in [6.07, 6.45) is 0.565. The third-order valence-corrected chi connectivity index (χ3v) is 6.75. The lowest BCUT2D eigenvalue weighted by molar-refractivity contribution is -0.166. The number of amides is 1. The minimum atomic E-state index is -1.47. The molecule has 0 radical (unpaired) electrons. The van der Waals surface area contributed by atoms with Crippen LogP contribution in [0.1, 0.15) is 37.5 Å². The maximum absolute atomic E-state index is 12.9. The molecule has 240 valence electrons. The van der Waals surface area contributed by atoms with E-state index in [-0.39, 0.29) is 13.2 Å². The van der Waals surface area contributed by atoms with Crippen molar-refractivity contribution in [3.8, 4) is 17.2 Å². The van der Waals surface area contributed by atoms with Gasteiger partial charge in [-0.05, 0) is 62.1 Å². The molecule has 1 aliphatic heterocycles. The van der Waals surface area contributed by atoms with Crippen molar-refractivity contribution in [1.29, 1.82) is 0 Å². The average Bonchev–Trinajstić information content (AvgIpc) is 3.69. The lowest BCUT2D eigenvalue weighted by Gasteiger charge is -2.18. The number of ether oxygens (including phenoxy) is 7. The van der Waals surface area contributed by atoms with Crippen LogP contribution in [-0.2, 0) is 39.8 Å². The van der Waals surface area contributed by atoms with E-state index >= 15 is 0 Å². The van der Waals surface area contributed by atoms with Gasteiger partial charge in [0.2, 0.25) is 0 Å². The number of rotatable bonds is 14. The highest BCUT2D eigenvalue weighted by Gasteiger charge is 2.50. The standard InChI is InChI=1S/C31H35N3O11/c1-31(2)44-26(27(45-31)29(37)43-30(38)34-14-12-32-18-34)28(36)33-13-15-41-22-7-5-6-21(17-22)23(42-19-35)10-8-20-9-11-24(39-3)25(16-20)40-4/h5-7,9,11-12,14,16-19,23,26-27H,8,10,13,15H2,1-4H3,(H,33,36)/t23-,26?,27?/m1/s1. The first-order chi connectivity index (χ1) is 21.6. The van der Waals surface area contributed by atoms with Crippen molar-refractivity contribution in [2.24, 2.45) is 0 Å². The van der Waals surface area contributed by atoms with Crippen LogP contribution in [0.5, 0.6) is 17.2 Å². The summed E-state index contributed by atoms with van der Waals surface area (Å²) in [5.41, 5.74) is 1.71. The second-order valence-corrected chi connectivity index (χ2v) is 10.3. The predicted octanol–water partition coefficient (Wildman–Crippen LogP) is 2.97. The van der Waals surface area contributed by atoms with Gasteiger partial charge in [0.1, 0.15) is 24.8 Å². The van der Waals surface area contributed by atoms with Crippen molar-refractivity contribution in [3.63, 3.8) is 0 Å². The quantitative estimate of drug-likeness (QED) is 0.121. The minimum Gasteiger partial charge on any atom is -0.493 e. The van der Waals surface area contributed by atoms with Gasteiger partial charge in [0, 0.05) is 12.4 Å². The Kier molecular flexibility index (Phi) is 11.1. The maximum Gasteiger partial charge on any atom is 0.427 e. The zero-order chi connectivity index (χ0) is 32.4. The highest BCUT2D eigenvalue weighted by Crippen LogP contribution is 2.31. The largest absolute Gasteiger partial charge is 0.493 e. The monoisotopic (exact) mass is 625 g/mol. The van der Waals surface area contributed by atoms with Crippen LogP contribution in [0.25, 0.3) is 0 Å². The Hall–Kier alpha value is -4.95. The number of nitrogens with one attached hydrogen (secondary N) is 1. The molecule has 0 saturated carbocycles. The Morgan fingerprint density at radius 2 is 1.84 bits per heavy atom. The first-order valence-corrected chi connectivity index (χ1v) is 14.0. The molecule has 3 aromatic rings. The third kappa shape index (κ3) is 8.80. The predicted molar refractivity (Wildman–Crippen MR) is 156 cm³/mol. The summed E-state index contributed by atoms with van der Waals surface area (Å²) >= 11 is 0. The van der Waals surface area contributed by atoms with E-state index in [2.05, 4.69) is 10.3 Å². The van der Waals surface area contributed by atoms with Crippen LogP contribution in [0.3, 0.4) is 0 Å². The van der Waals surface area contributed by atoms with Crippen LogP contribution in [-0.4, -0.2) is 79.4 Å². The van der Waals surface area contributed by atoms with Crippen molar-refractivity contribution in [3.05, 3.63) is 72.3 Å². The lowest BCUT2D eigenvalue weighted by Crippen LogP contribution is -2.46. The average molecular weight is 626 g/mol. The summed E-state index contributed by atoms with van der Waals surface area (Å²) in [5.74, 6) is -1.28. The summed E-state index contributed by atoms with van der Waals surface area (Å²) in [5, 5.41) is 2.64. The number of hydrogen-bond acceptors (Lipinski definition) is 12. The molecular weight excluding hydrogens is 590 g/mol. The minimum absolute atomic E-state index is 0.0622. The van der Waals surface area contributed by atoms with Gasteiger partial charge in [0.05, 0.1) is 20.8 Å². The highest BCUT2D eigenvalue weighted by atomic mass is 16.8. The fourth-order valence-corrected chi connectivity index (χ4v) is 4.65. The first kappa shape index (κ1) is 33.0.